The van der Waals surface area contributed by atoms with E-state index in [0.29, 0.717) is 19.3 Å². The number of carbonyl (C=O) groups is 3. The Morgan fingerprint density at radius 3 is 0.829 bits per heavy atom. The second kappa shape index (κ2) is 64.4. The Bertz CT molecular complexity index is 1400. The molecule has 440 valence electrons. The lowest BCUT2D eigenvalue weighted by atomic mass is 10.0. The first kappa shape index (κ1) is 72.8. The first-order chi connectivity index (χ1) is 37.5. The summed E-state index contributed by atoms with van der Waals surface area (Å²) in [6.07, 6.45) is 83.5. The number of unbranched alkanes of at least 4 members (excludes halogenated alkanes) is 37. The topological polar surface area (TPSA) is 78.9 Å². The Kier molecular flexibility index (Phi) is 61.7. The number of carbonyl (C=O) groups excluding carboxylic acids is 3. The highest BCUT2D eigenvalue weighted by Crippen LogP contribution is 2.17. The molecule has 76 heavy (non-hydrogen) atoms. The van der Waals surface area contributed by atoms with Gasteiger partial charge in [-0.1, -0.05) is 280 Å². The lowest BCUT2D eigenvalue weighted by Gasteiger charge is -2.18. The standard InChI is InChI=1S/C70H124O6/c1-4-7-10-13-16-19-22-24-26-28-30-31-32-33-34-35-36-37-38-39-41-42-44-46-48-51-54-57-60-63-69(72)75-66-67(65-74-68(71)62-59-56-53-50-21-18-15-12-9-6-3)76-70(73)64-61-58-55-52-49-47-45-43-40-29-27-25-23-20-17-14-11-8-5-2/h12,15,17,20,22,24-25,27-28,30,32-33,67H,4-11,13-14,16,18-19,21,23,26,29,31,34-66H2,1-3H3/b15-12-,20-17-,24-22-,27-25-,30-28-,33-32-. The number of hydrogen-bond acceptors (Lipinski definition) is 6. The van der Waals surface area contributed by atoms with Crippen molar-refractivity contribution in [3.63, 3.8) is 0 Å². The molecule has 0 aromatic heterocycles. The van der Waals surface area contributed by atoms with Crippen molar-refractivity contribution in [2.45, 2.75) is 341 Å². The molecule has 6 nitrogen and oxygen atoms in total. The number of allylic oxidation sites excluding steroid dienone is 12. The molecule has 0 aliphatic heterocycles. The third-order valence-electron chi connectivity index (χ3n) is 14.4. The predicted molar refractivity (Wildman–Crippen MR) is 330 cm³/mol. The van der Waals surface area contributed by atoms with Gasteiger partial charge in [0.05, 0.1) is 0 Å². The van der Waals surface area contributed by atoms with Gasteiger partial charge in [0, 0.05) is 19.3 Å². The minimum Gasteiger partial charge on any atom is -0.462 e. The molecule has 6 heteroatoms. The molecule has 0 aliphatic carbocycles. The molecule has 0 aliphatic rings. The molecular weight excluding hydrogens is 937 g/mol. The molecule has 1 atom stereocenters. The molecule has 0 aromatic rings. The summed E-state index contributed by atoms with van der Waals surface area (Å²) in [4.78, 5) is 38.2. The molecule has 0 spiro atoms. The van der Waals surface area contributed by atoms with Crippen molar-refractivity contribution in [1.29, 1.82) is 0 Å². The van der Waals surface area contributed by atoms with Crippen molar-refractivity contribution in [2.24, 2.45) is 0 Å². The van der Waals surface area contributed by atoms with Crippen molar-refractivity contribution in [3.05, 3.63) is 72.9 Å². The highest BCUT2D eigenvalue weighted by Gasteiger charge is 2.19. The van der Waals surface area contributed by atoms with E-state index in [1.54, 1.807) is 0 Å². The molecule has 0 aromatic carbocycles. The largest absolute Gasteiger partial charge is 0.462 e. The Labute approximate surface area is 472 Å². The molecule has 0 bridgehead atoms. The second-order valence-electron chi connectivity index (χ2n) is 22.0. The van der Waals surface area contributed by atoms with Gasteiger partial charge in [0.25, 0.3) is 0 Å². The molecule has 0 heterocycles. The summed E-state index contributed by atoms with van der Waals surface area (Å²) in [7, 11) is 0. The zero-order chi connectivity index (χ0) is 55.0. The van der Waals surface area contributed by atoms with Crippen LogP contribution in [0.4, 0.5) is 0 Å². The molecule has 0 fully saturated rings. The SMILES string of the molecule is CCC/C=C\CCCCCCCC(=O)OCC(COC(=O)CCCCCCCCCCCCCCCC/C=C\C/C=C\C/C=C\CCCCCCC)OC(=O)CCCCCCCCCCC/C=C\C/C=C\CCCCC. The highest BCUT2D eigenvalue weighted by atomic mass is 16.6. The van der Waals surface area contributed by atoms with E-state index >= 15 is 0 Å². The van der Waals surface area contributed by atoms with Gasteiger partial charge in [-0.15, -0.1) is 0 Å². The van der Waals surface area contributed by atoms with E-state index in [0.717, 1.165) is 89.9 Å². The molecule has 0 rings (SSSR count). The average molecular weight is 1060 g/mol. The molecule has 0 saturated heterocycles. The van der Waals surface area contributed by atoms with Crippen LogP contribution in [0.15, 0.2) is 72.9 Å². The van der Waals surface area contributed by atoms with E-state index in [9.17, 15) is 14.4 Å². The van der Waals surface area contributed by atoms with Crippen LogP contribution in [0, 0.1) is 0 Å². The number of esters is 3. The maximum atomic E-state index is 12.9. The van der Waals surface area contributed by atoms with Gasteiger partial charge in [-0.25, -0.2) is 0 Å². The van der Waals surface area contributed by atoms with Crippen molar-refractivity contribution < 1.29 is 28.6 Å². The van der Waals surface area contributed by atoms with Crippen LogP contribution in [0.5, 0.6) is 0 Å². The highest BCUT2D eigenvalue weighted by molar-refractivity contribution is 5.71. The number of hydrogen-bond donors (Lipinski definition) is 0. The summed E-state index contributed by atoms with van der Waals surface area (Å²) in [5.74, 6) is -0.881. The van der Waals surface area contributed by atoms with Gasteiger partial charge in [0.15, 0.2) is 6.10 Å². The van der Waals surface area contributed by atoms with Crippen LogP contribution in [0.2, 0.25) is 0 Å². The Hall–Kier alpha value is -3.15. The first-order valence-electron chi connectivity index (χ1n) is 32.9. The fourth-order valence-corrected chi connectivity index (χ4v) is 9.43. The van der Waals surface area contributed by atoms with Crippen molar-refractivity contribution >= 4 is 17.9 Å². The van der Waals surface area contributed by atoms with Crippen LogP contribution in [0.3, 0.4) is 0 Å². The van der Waals surface area contributed by atoms with Crippen LogP contribution in [0.1, 0.15) is 335 Å². The molecular formula is C70H124O6. The van der Waals surface area contributed by atoms with Gasteiger partial charge >= 0.3 is 17.9 Å². The second-order valence-corrected chi connectivity index (χ2v) is 22.0. The zero-order valence-corrected chi connectivity index (χ0v) is 50.5. The van der Waals surface area contributed by atoms with Crippen LogP contribution < -0.4 is 0 Å². The van der Waals surface area contributed by atoms with Crippen LogP contribution >= 0.6 is 0 Å². The van der Waals surface area contributed by atoms with Gasteiger partial charge < -0.3 is 14.2 Å². The summed E-state index contributed by atoms with van der Waals surface area (Å²) in [6.45, 7) is 6.57. The van der Waals surface area contributed by atoms with E-state index in [1.807, 2.05) is 0 Å². The average Bonchev–Trinajstić information content (AvgIpc) is 3.42. The summed E-state index contributed by atoms with van der Waals surface area (Å²) in [5.41, 5.74) is 0. The normalized spacial score (nSPS) is 12.5. The third kappa shape index (κ3) is 61.7. The van der Waals surface area contributed by atoms with E-state index in [4.69, 9.17) is 14.2 Å². The van der Waals surface area contributed by atoms with Gasteiger partial charge in [0.1, 0.15) is 13.2 Å². The van der Waals surface area contributed by atoms with E-state index < -0.39 is 6.10 Å². The Balaban J connectivity index is 4.18. The lowest BCUT2D eigenvalue weighted by molar-refractivity contribution is -0.167. The maximum absolute atomic E-state index is 12.9. The summed E-state index contributed by atoms with van der Waals surface area (Å²) in [6, 6.07) is 0. The van der Waals surface area contributed by atoms with Crippen LogP contribution in [-0.4, -0.2) is 37.2 Å². The Morgan fingerprint density at radius 1 is 0.263 bits per heavy atom. The van der Waals surface area contributed by atoms with Gasteiger partial charge in [0.2, 0.25) is 0 Å². The molecule has 1 unspecified atom stereocenters. The minimum absolute atomic E-state index is 0.0781. The van der Waals surface area contributed by atoms with E-state index in [2.05, 4.69) is 93.7 Å². The van der Waals surface area contributed by atoms with E-state index in [-0.39, 0.29) is 31.1 Å². The molecule has 0 saturated carbocycles. The molecule has 0 N–H and O–H groups in total. The number of rotatable bonds is 60. The summed E-state index contributed by atoms with van der Waals surface area (Å²) < 4.78 is 16.9. The summed E-state index contributed by atoms with van der Waals surface area (Å²) >= 11 is 0. The van der Waals surface area contributed by atoms with Crippen LogP contribution in [0.25, 0.3) is 0 Å². The maximum Gasteiger partial charge on any atom is 0.306 e. The zero-order valence-electron chi connectivity index (χ0n) is 50.5. The lowest BCUT2D eigenvalue weighted by Crippen LogP contribution is -2.30. The number of ether oxygens (including phenoxy) is 3. The fourth-order valence-electron chi connectivity index (χ4n) is 9.43. The quantitative estimate of drug-likeness (QED) is 0.0261. The molecule has 0 radical (unpaired) electrons. The van der Waals surface area contributed by atoms with Crippen LogP contribution in [-0.2, 0) is 28.6 Å². The monoisotopic (exact) mass is 1060 g/mol. The summed E-state index contributed by atoms with van der Waals surface area (Å²) in [5, 5.41) is 0. The van der Waals surface area contributed by atoms with E-state index in [1.165, 1.54) is 205 Å². The van der Waals surface area contributed by atoms with Crippen molar-refractivity contribution in [1.82, 2.24) is 0 Å². The van der Waals surface area contributed by atoms with Gasteiger partial charge in [-0.3, -0.25) is 14.4 Å². The smallest absolute Gasteiger partial charge is 0.306 e. The Morgan fingerprint density at radius 2 is 0.500 bits per heavy atom. The van der Waals surface area contributed by atoms with Gasteiger partial charge in [-0.2, -0.15) is 0 Å². The van der Waals surface area contributed by atoms with Gasteiger partial charge in [-0.05, 0) is 109 Å². The molecule has 0 amide bonds. The minimum atomic E-state index is -0.781. The first-order valence-corrected chi connectivity index (χ1v) is 32.9. The van der Waals surface area contributed by atoms with Crippen molar-refractivity contribution in [3.8, 4) is 0 Å². The van der Waals surface area contributed by atoms with Crippen molar-refractivity contribution in [2.75, 3.05) is 13.2 Å². The fraction of sp³-hybridized carbons (Fsp3) is 0.786. The third-order valence-corrected chi connectivity index (χ3v) is 14.4. The predicted octanol–water partition coefficient (Wildman–Crippen LogP) is 22.5.